The molecule has 0 aliphatic rings. The third-order valence-electron chi connectivity index (χ3n) is 2.19. The average Bonchev–Trinajstić information content (AvgIpc) is 2.64. The molecule has 4 N–H and O–H groups in total. The summed E-state index contributed by atoms with van der Waals surface area (Å²) in [6, 6.07) is 7.05. The van der Waals surface area contributed by atoms with Crippen LogP contribution in [0.2, 0.25) is 0 Å². The van der Waals surface area contributed by atoms with Gasteiger partial charge in [0.05, 0.1) is 6.20 Å². The normalized spacial score (nSPS) is 11.4. The summed E-state index contributed by atoms with van der Waals surface area (Å²) in [5.41, 5.74) is 6.93. The van der Waals surface area contributed by atoms with Crippen molar-refractivity contribution in [2.45, 2.75) is 11.8 Å². The van der Waals surface area contributed by atoms with Gasteiger partial charge < -0.3 is 5.73 Å². The zero-order valence-electron chi connectivity index (χ0n) is 9.14. The first-order valence-electron chi connectivity index (χ1n) is 4.87. The van der Waals surface area contributed by atoms with Gasteiger partial charge in [-0.05, 0) is 24.6 Å². The van der Waals surface area contributed by atoms with Gasteiger partial charge in [-0.2, -0.15) is 5.10 Å². The van der Waals surface area contributed by atoms with Crippen LogP contribution in [-0.4, -0.2) is 18.6 Å². The monoisotopic (exact) mass is 252 g/mol. The lowest BCUT2D eigenvalue weighted by Gasteiger charge is -2.07. The van der Waals surface area contributed by atoms with E-state index < -0.39 is 10.0 Å². The fourth-order valence-electron chi connectivity index (χ4n) is 1.42. The number of hydrogen-bond donors (Lipinski definition) is 3. The predicted octanol–water partition coefficient (Wildman–Crippen LogP) is 1.10. The molecule has 0 atom stereocenters. The Labute approximate surface area is 98.9 Å². The second-order valence-electron chi connectivity index (χ2n) is 3.62. The Morgan fingerprint density at radius 3 is 2.76 bits per heavy atom. The van der Waals surface area contributed by atoms with Crippen molar-refractivity contribution in [2.75, 3.05) is 10.5 Å². The van der Waals surface area contributed by atoms with E-state index in [4.69, 9.17) is 5.73 Å². The first-order chi connectivity index (χ1) is 7.99. The van der Waals surface area contributed by atoms with Crippen LogP contribution in [0.4, 0.5) is 11.5 Å². The van der Waals surface area contributed by atoms with E-state index in [1.165, 1.54) is 6.20 Å². The van der Waals surface area contributed by atoms with Crippen molar-refractivity contribution in [1.29, 1.82) is 0 Å². The summed E-state index contributed by atoms with van der Waals surface area (Å²) in [6.07, 6.45) is 1.17. The summed E-state index contributed by atoms with van der Waals surface area (Å²) in [6.45, 7) is 1.88. The van der Waals surface area contributed by atoms with E-state index in [0.717, 1.165) is 5.56 Å². The highest BCUT2D eigenvalue weighted by molar-refractivity contribution is 7.92. The van der Waals surface area contributed by atoms with Crippen LogP contribution < -0.4 is 10.5 Å². The second-order valence-corrected chi connectivity index (χ2v) is 5.27. The number of nitrogens with zero attached hydrogens (tertiary/aromatic N) is 1. The standard InChI is InChI=1S/C10H12N4O2S/c1-7-3-2-4-8(5-7)14-17(15,16)9-6-12-13-10(9)11/h2-6,14H,1H3,(H3,11,12,13). The summed E-state index contributed by atoms with van der Waals surface area (Å²) in [4.78, 5) is -0.0565. The molecular weight excluding hydrogens is 240 g/mol. The van der Waals surface area contributed by atoms with Gasteiger partial charge >= 0.3 is 0 Å². The third kappa shape index (κ3) is 2.39. The number of nitrogens with one attached hydrogen (secondary N) is 2. The molecule has 2 aromatic rings. The second kappa shape index (κ2) is 4.10. The number of aromatic nitrogens is 2. The highest BCUT2D eigenvalue weighted by Gasteiger charge is 2.19. The van der Waals surface area contributed by atoms with Crippen LogP contribution >= 0.6 is 0 Å². The van der Waals surface area contributed by atoms with Crippen LogP contribution in [0.15, 0.2) is 35.4 Å². The molecule has 1 heterocycles. The smallest absolute Gasteiger partial charge is 0.267 e. The molecule has 0 saturated carbocycles. The molecule has 2 rings (SSSR count). The molecule has 0 amide bonds. The molecule has 1 aromatic carbocycles. The lowest BCUT2D eigenvalue weighted by Crippen LogP contribution is -2.13. The van der Waals surface area contributed by atoms with E-state index in [1.807, 2.05) is 13.0 Å². The number of nitrogen functional groups attached to an aromatic ring is 1. The Morgan fingerprint density at radius 1 is 1.41 bits per heavy atom. The summed E-state index contributed by atoms with van der Waals surface area (Å²) < 4.78 is 26.3. The van der Waals surface area contributed by atoms with E-state index in [0.29, 0.717) is 5.69 Å². The number of anilines is 2. The minimum absolute atomic E-state index is 0.0187. The Bertz CT molecular complexity index is 633. The van der Waals surface area contributed by atoms with Gasteiger partial charge in [0.2, 0.25) is 0 Å². The van der Waals surface area contributed by atoms with Gasteiger partial charge in [-0.25, -0.2) is 8.42 Å². The molecule has 0 unspecified atom stereocenters. The SMILES string of the molecule is Cc1cccc(NS(=O)(=O)c2cn[nH]c2N)c1. The molecule has 0 radical (unpaired) electrons. The third-order valence-corrected chi connectivity index (χ3v) is 3.60. The highest BCUT2D eigenvalue weighted by Crippen LogP contribution is 2.19. The largest absolute Gasteiger partial charge is 0.383 e. The topological polar surface area (TPSA) is 101 Å². The fraction of sp³-hybridized carbons (Fsp3) is 0.100. The van der Waals surface area contributed by atoms with Crippen molar-refractivity contribution >= 4 is 21.5 Å². The van der Waals surface area contributed by atoms with Crippen molar-refractivity contribution in [3.05, 3.63) is 36.0 Å². The van der Waals surface area contributed by atoms with Crippen molar-refractivity contribution in [3.63, 3.8) is 0 Å². The molecule has 0 aliphatic heterocycles. The number of sulfonamides is 1. The summed E-state index contributed by atoms with van der Waals surface area (Å²) in [5, 5.41) is 5.96. The quantitative estimate of drug-likeness (QED) is 0.761. The number of hydrogen-bond acceptors (Lipinski definition) is 4. The van der Waals surface area contributed by atoms with Gasteiger partial charge in [-0.15, -0.1) is 0 Å². The molecule has 1 aromatic heterocycles. The molecule has 0 saturated heterocycles. The summed E-state index contributed by atoms with van der Waals surface area (Å²) >= 11 is 0. The van der Waals surface area contributed by atoms with Crippen LogP contribution in [0.5, 0.6) is 0 Å². The van der Waals surface area contributed by atoms with Crippen molar-refractivity contribution in [2.24, 2.45) is 0 Å². The molecule has 0 spiro atoms. The lowest BCUT2D eigenvalue weighted by atomic mass is 10.2. The van der Waals surface area contributed by atoms with Gasteiger partial charge in [0.15, 0.2) is 0 Å². The van der Waals surface area contributed by atoms with E-state index in [-0.39, 0.29) is 10.7 Å². The van der Waals surface area contributed by atoms with Gasteiger partial charge in [0.25, 0.3) is 10.0 Å². The van der Waals surface area contributed by atoms with Gasteiger partial charge in [-0.1, -0.05) is 12.1 Å². The van der Waals surface area contributed by atoms with Gasteiger partial charge in [-0.3, -0.25) is 9.82 Å². The minimum Gasteiger partial charge on any atom is -0.383 e. The van der Waals surface area contributed by atoms with Crippen molar-refractivity contribution < 1.29 is 8.42 Å². The Morgan fingerprint density at radius 2 is 2.18 bits per heavy atom. The Kier molecular flexibility index (Phi) is 2.76. The molecule has 17 heavy (non-hydrogen) atoms. The fourth-order valence-corrected chi connectivity index (χ4v) is 2.49. The number of benzene rings is 1. The highest BCUT2D eigenvalue weighted by atomic mass is 32.2. The number of aryl methyl sites for hydroxylation is 1. The predicted molar refractivity (Wildman–Crippen MR) is 65.0 cm³/mol. The lowest BCUT2D eigenvalue weighted by molar-refractivity contribution is 0.601. The number of H-pyrrole nitrogens is 1. The van der Waals surface area contributed by atoms with E-state index in [1.54, 1.807) is 18.2 Å². The van der Waals surface area contributed by atoms with E-state index in [2.05, 4.69) is 14.9 Å². The number of aromatic amines is 1. The number of rotatable bonds is 3. The number of nitrogens with two attached hydrogens (primary N) is 1. The Hall–Kier alpha value is -2.02. The molecule has 0 fully saturated rings. The molecule has 0 aliphatic carbocycles. The molecule has 90 valence electrons. The van der Waals surface area contributed by atoms with Gasteiger partial charge in [0, 0.05) is 5.69 Å². The minimum atomic E-state index is -3.69. The zero-order chi connectivity index (χ0) is 12.5. The van der Waals surface area contributed by atoms with Crippen LogP contribution in [0.25, 0.3) is 0 Å². The first-order valence-corrected chi connectivity index (χ1v) is 6.36. The van der Waals surface area contributed by atoms with Crippen LogP contribution in [0.1, 0.15) is 5.56 Å². The van der Waals surface area contributed by atoms with Crippen LogP contribution in [-0.2, 0) is 10.0 Å². The summed E-state index contributed by atoms with van der Waals surface area (Å²) in [5.74, 6) is 0.0187. The van der Waals surface area contributed by atoms with Crippen molar-refractivity contribution in [3.8, 4) is 0 Å². The van der Waals surface area contributed by atoms with Crippen LogP contribution in [0.3, 0.4) is 0 Å². The van der Waals surface area contributed by atoms with Crippen LogP contribution in [0, 0.1) is 6.92 Å². The maximum Gasteiger partial charge on any atom is 0.267 e. The van der Waals surface area contributed by atoms with Gasteiger partial charge in [0.1, 0.15) is 10.7 Å². The first kappa shape index (κ1) is 11.5. The van der Waals surface area contributed by atoms with Crippen molar-refractivity contribution in [1.82, 2.24) is 10.2 Å². The maximum atomic E-state index is 11.9. The Balaban J connectivity index is 2.33. The zero-order valence-corrected chi connectivity index (χ0v) is 9.95. The maximum absolute atomic E-state index is 11.9. The molecule has 7 heteroatoms. The summed E-state index contributed by atoms with van der Waals surface area (Å²) in [7, 11) is -3.69. The molecule has 6 nitrogen and oxygen atoms in total. The van der Waals surface area contributed by atoms with E-state index in [9.17, 15) is 8.42 Å². The molecule has 0 bridgehead atoms. The average molecular weight is 252 g/mol. The van der Waals surface area contributed by atoms with E-state index >= 15 is 0 Å². The molecular formula is C10H12N4O2S.